The van der Waals surface area contributed by atoms with Crippen LogP contribution in [-0.2, 0) is 9.53 Å². The number of carbonyl (C=O) groups excluding carboxylic acids is 1. The van der Waals surface area contributed by atoms with E-state index < -0.39 is 6.10 Å². The number of aliphatic hydroxyl groups excluding tert-OH is 2. The minimum atomic E-state index is -0.445. The maximum atomic E-state index is 12.5. The zero-order valence-corrected chi connectivity index (χ0v) is 24.8. The molecule has 0 aromatic rings. The molecule has 0 bridgehead atoms. The minimum Gasteiger partial charge on any atom is -0.393 e. The highest BCUT2D eigenvalue weighted by Gasteiger charge is 2.82. The average Bonchev–Trinajstić information content (AvgIpc) is 3.46. The number of hydrogen-bond acceptors (Lipinski definition) is 4. The SMILES string of the molecule is CC(=O)N(CC1C[C@@H](C)[C@H]2C(O1)[C@H](O)[C@@]1(C)C3CC[C@@H]4C5[C@@H](CC[C@H](O)C4(C)C)[C@@]53CC[C@]21C)C1CCC1. The normalized spacial score (nSPS) is 56.4. The van der Waals surface area contributed by atoms with E-state index in [-0.39, 0.29) is 40.5 Å². The van der Waals surface area contributed by atoms with E-state index in [0.717, 1.165) is 43.9 Å². The summed E-state index contributed by atoms with van der Waals surface area (Å²) in [4.78, 5) is 14.6. The molecule has 5 nitrogen and oxygen atoms in total. The van der Waals surface area contributed by atoms with E-state index in [4.69, 9.17) is 4.74 Å². The lowest BCUT2D eigenvalue weighted by Crippen LogP contribution is -2.57. The number of fused-ring (bicyclic) bond motifs is 4. The van der Waals surface area contributed by atoms with E-state index in [2.05, 4.69) is 39.5 Å². The van der Waals surface area contributed by atoms with Crippen molar-refractivity contribution in [2.75, 3.05) is 6.54 Å². The molecule has 7 rings (SSSR count). The maximum absolute atomic E-state index is 12.5. The van der Waals surface area contributed by atoms with Gasteiger partial charge in [0.2, 0.25) is 5.91 Å². The van der Waals surface area contributed by atoms with E-state index in [0.29, 0.717) is 41.7 Å². The Morgan fingerprint density at radius 2 is 1.66 bits per heavy atom. The maximum Gasteiger partial charge on any atom is 0.219 e. The van der Waals surface area contributed by atoms with Crippen LogP contribution >= 0.6 is 0 Å². The first kappa shape index (κ1) is 26.3. The molecule has 6 saturated carbocycles. The van der Waals surface area contributed by atoms with Gasteiger partial charge in [0.25, 0.3) is 0 Å². The Kier molecular flexibility index (Phi) is 5.68. The van der Waals surface area contributed by atoms with Crippen LogP contribution in [0.2, 0.25) is 0 Å². The topological polar surface area (TPSA) is 70.0 Å². The largest absolute Gasteiger partial charge is 0.393 e. The van der Waals surface area contributed by atoms with Gasteiger partial charge in [0.05, 0.1) is 24.4 Å². The highest BCUT2D eigenvalue weighted by molar-refractivity contribution is 5.73. The first-order valence-electron chi connectivity index (χ1n) is 16.2. The second-order valence-electron chi connectivity index (χ2n) is 16.3. The number of aliphatic hydroxyl groups is 2. The van der Waals surface area contributed by atoms with Crippen molar-refractivity contribution in [1.82, 2.24) is 4.90 Å². The fourth-order valence-corrected chi connectivity index (χ4v) is 12.8. The molecule has 1 saturated heterocycles. The van der Waals surface area contributed by atoms with Crippen LogP contribution in [0.5, 0.6) is 0 Å². The molecule has 0 aromatic heterocycles. The fourth-order valence-electron chi connectivity index (χ4n) is 12.8. The van der Waals surface area contributed by atoms with Crippen LogP contribution in [0, 0.1) is 57.2 Å². The number of rotatable bonds is 3. The van der Waals surface area contributed by atoms with E-state index in [1.165, 1.54) is 32.1 Å². The summed E-state index contributed by atoms with van der Waals surface area (Å²) in [6, 6.07) is 0.385. The molecule has 0 radical (unpaired) electrons. The summed E-state index contributed by atoms with van der Waals surface area (Å²) < 4.78 is 6.92. The summed E-state index contributed by atoms with van der Waals surface area (Å²) in [6.45, 7) is 14.4. The van der Waals surface area contributed by atoms with Crippen LogP contribution in [-0.4, -0.2) is 58.0 Å². The first-order chi connectivity index (χ1) is 17.9. The molecular formula is C33H53NO4. The quantitative estimate of drug-likeness (QED) is 0.514. The van der Waals surface area contributed by atoms with Gasteiger partial charge in [-0.2, -0.15) is 0 Å². The van der Waals surface area contributed by atoms with E-state index in [1.807, 2.05) is 0 Å². The van der Waals surface area contributed by atoms with Gasteiger partial charge in [0, 0.05) is 24.9 Å². The van der Waals surface area contributed by atoms with Gasteiger partial charge >= 0.3 is 0 Å². The van der Waals surface area contributed by atoms with Crippen LogP contribution in [0.3, 0.4) is 0 Å². The molecule has 1 amide bonds. The Morgan fingerprint density at radius 3 is 2.32 bits per heavy atom. The molecule has 7 fully saturated rings. The average molecular weight is 528 g/mol. The van der Waals surface area contributed by atoms with Gasteiger partial charge in [-0.15, -0.1) is 0 Å². The summed E-state index contributed by atoms with van der Waals surface area (Å²) in [5, 5.41) is 23.4. The Hall–Kier alpha value is -0.650. The molecule has 7 aliphatic rings. The van der Waals surface area contributed by atoms with Crippen molar-refractivity contribution in [3.8, 4) is 0 Å². The molecule has 13 atom stereocenters. The molecule has 1 spiro atoms. The second-order valence-corrected chi connectivity index (χ2v) is 16.3. The number of nitrogens with zero attached hydrogens (tertiary/aromatic N) is 1. The molecule has 2 N–H and O–H groups in total. The van der Waals surface area contributed by atoms with Gasteiger partial charge in [-0.05, 0) is 116 Å². The summed E-state index contributed by atoms with van der Waals surface area (Å²) in [5.41, 5.74) is 0.292. The number of hydrogen-bond donors (Lipinski definition) is 2. The number of carbonyl (C=O) groups is 1. The van der Waals surface area contributed by atoms with Crippen molar-refractivity contribution in [2.45, 2.75) is 136 Å². The van der Waals surface area contributed by atoms with Gasteiger partial charge in [-0.25, -0.2) is 0 Å². The van der Waals surface area contributed by atoms with E-state index >= 15 is 0 Å². The second kappa shape index (κ2) is 8.22. The Balaban J connectivity index is 1.18. The molecule has 4 unspecified atom stereocenters. The zero-order valence-electron chi connectivity index (χ0n) is 24.8. The highest BCUT2D eigenvalue weighted by Crippen LogP contribution is 2.86. The molecule has 1 aliphatic heterocycles. The highest BCUT2D eigenvalue weighted by atomic mass is 16.5. The molecular weight excluding hydrogens is 474 g/mol. The van der Waals surface area contributed by atoms with Crippen LogP contribution in [0.25, 0.3) is 0 Å². The van der Waals surface area contributed by atoms with Gasteiger partial charge in [-0.3, -0.25) is 4.79 Å². The van der Waals surface area contributed by atoms with Crippen LogP contribution < -0.4 is 0 Å². The van der Waals surface area contributed by atoms with Crippen LogP contribution in [0.15, 0.2) is 0 Å². The lowest BCUT2D eigenvalue weighted by atomic mass is 9.43. The Morgan fingerprint density at radius 1 is 0.947 bits per heavy atom. The van der Waals surface area contributed by atoms with Crippen molar-refractivity contribution in [1.29, 1.82) is 0 Å². The van der Waals surface area contributed by atoms with Crippen molar-refractivity contribution < 1.29 is 19.7 Å². The minimum absolute atomic E-state index is 0.00824. The van der Waals surface area contributed by atoms with Crippen molar-refractivity contribution >= 4 is 5.91 Å². The summed E-state index contributed by atoms with van der Waals surface area (Å²) in [5.74, 6) is 3.65. The molecule has 5 heteroatoms. The summed E-state index contributed by atoms with van der Waals surface area (Å²) >= 11 is 0. The Bertz CT molecular complexity index is 993. The third-order valence-electron chi connectivity index (χ3n) is 15.0. The zero-order chi connectivity index (χ0) is 27.0. The summed E-state index contributed by atoms with van der Waals surface area (Å²) in [6.07, 6.45) is 10.7. The molecule has 6 aliphatic carbocycles. The predicted octanol–water partition coefficient (Wildman–Crippen LogP) is 5.42. The Labute approximate surface area is 230 Å². The smallest absolute Gasteiger partial charge is 0.219 e. The molecule has 1 heterocycles. The molecule has 0 aromatic carbocycles. The number of amides is 1. The van der Waals surface area contributed by atoms with E-state index in [9.17, 15) is 15.0 Å². The van der Waals surface area contributed by atoms with Gasteiger partial charge in [0.15, 0.2) is 0 Å². The molecule has 214 valence electrons. The van der Waals surface area contributed by atoms with Crippen molar-refractivity contribution in [3.05, 3.63) is 0 Å². The monoisotopic (exact) mass is 527 g/mol. The third-order valence-corrected chi connectivity index (χ3v) is 15.0. The lowest BCUT2D eigenvalue weighted by Gasteiger charge is -2.61. The van der Waals surface area contributed by atoms with Crippen LogP contribution in [0.4, 0.5) is 0 Å². The first-order valence-corrected chi connectivity index (χ1v) is 16.2. The predicted molar refractivity (Wildman–Crippen MR) is 147 cm³/mol. The van der Waals surface area contributed by atoms with E-state index in [1.54, 1.807) is 6.92 Å². The van der Waals surface area contributed by atoms with Crippen LogP contribution in [0.1, 0.15) is 106 Å². The summed E-state index contributed by atoms with van der Waals surface area (Å²) in [7, 11) is 0. The van der Waals surface area contributed by atoms with Crippen molar-refractivity contribution in [3.63, 3.8) is 0 Å². The van der Waals surface area contributed by atoms with Crippen molar-refractivity contribution in [2.24, 2.45) is 57.2 Å². The standard InChI is InChI=1S/C33H53NO4/c1-18-16-21(17-34(19(2)35)20-8-7-9-20)38-28-26(18)31(5)14-15-33-23-11-13-25(36)30(3,4)22(27(23)33)10-12-24(33)32(31,6)29(28)37/h18,20-29,36-37H,7-17H2,1-6H3/t18-,21?,22-,23-,24?,25+,26+,27?,28?,29+,31-,32-,33-/m1/s1. The molecule has 38 heavy (non-hydrogen) atoms. The van der Waals surface area contributed by atoms with Gasteiger partial charge in [-0.1, -0.05) is 34.6 Å². The fraction of sp³-hybridized carbons (Fsp3) is 0.970. The third kappa shape index (κ3) is 3.03. The van der Waals surface area contributed by atoms with Gasteiger partial charge < -0.3 is 19.8 Å². The number of ether oxygens (including phenoxy) is 1. The van der Waals surface area contributed by atoms with Gasteiger partial charge in [0.1, 0.15) is 0 Å². The lowest BCUT2D eigenvalue weighted by molar-refractivity contribution is -0.163.